The molecule has 0 spiro atoms. The SMILES string of the molecule is CCCNC(c1cncc(C)c1)c1cc(Cl)ccc1Cl. The molecular weight excluding hydrogens is 291 g/mol. The van der Waals surface area contributed by atoms with Crippen LogP contribution in [0, 0.1) is 6.92 Å². The number of hydrogen-bond donors (Lipinski definition) is 1. The van der Waals surface area contributed by atoms with E-state index in [1.807, 2.05) is 31.5 Å². The van der Waals surface area contributed by atoms with Crippen molar-refractivity contribution in [3.05, 3.63) is 63.4 Å². The highest BCUT2D eigenvalue weighted by Gasteiger charge is 2.17. The minimum absolute atomic E-state index is 0.00792. The number of benzene rings is 1. The molecule has 0 amide bonds. The van der Waals surface area contributed by atoms with E-state index in [1.165, 1.54) is 0 Å². The molecule has 2 nitrogen and oxygen atoms in total. The summed E-state index contributed by atoms with van der Waals surface area (Å²) in [5.41, 5.74) is 3.21. The van der Waals surface area contributed by atoms with E-state index in [0.29, 0.717) is 10.0 Å². The summed E-state index contributed by atoms with van der Waals surface area (Å²) < 4.78 is 0. The van der Waals surface area contributed by atoms with Crippen molar-refractivity contribution in [3.63, 3.8) is 0 Å². The van der Waals surface area contributed by atoms with Gasteiger partial charge in [0, 0.05) is 22.4 Å². The Balaban J connectivity index is 2.44. The van der Waals surface area contributed by atoms with Crippen LogP contribution in [0.4, 0.5) is 0 Å². The fraction of sp³-hybridized carbons (Fsp3) is 0.312. The molecule has 20 heavy (non-hydrogen) atoms. The first kappa shape index (κ1) is 15.3. The number of nitrogens with zero attached hydrogens (tertiary/aromatic N) is 1. The lowest BCUT2D eigenvalue weighted by molar-refractivity contribution is 0.597. The minimum Gasteiger partial charge on any atom is -0.306 e. The number of rotatable bonds is 5. The first-order valence-electron chi connectivity index (χ1n) is 6.71. The topological polar surface area (TPSA) is 24.9 Å². The van der Waals surface area contributed by atoms with Crippen LogP contribution in [0.3, 0.4) is 0 Å². The second kappa shape index (κ2) is 7.07. The number of pyridine rings is 1. The van der Waals surface area contributed by atoms with Crippen LogP contribution in [-0.4, -0.2) is 11.5 Å². The third-order valence-corrected chi connectivity index (χ3v) is 3.68. The Hall–Kier alpha value is -1.09. The zero-order chi connectivity index (χ0) is 14.5. The predicted molar refractivity (Wildman–Crippen MR) is 85.6 cm³/mol. The number of aryl methyl sites for hydroxylation is 1. The summed E-state index contributed by atoms with van der Waals surface area (Å²) >= 11 is 12.5. The van der Waals surface area contributed by atoms with Gasteiger partial charge in [-0.05, 0) is 54.8 Å². The molecule has 1 aromatic heterocycles. The largest absolute Gasteiger partial charge is 0.306 e. The van der Waals surface area contributed by atoms with Crippen LogP contribution < -0.4 is 5.32 Å². The molecule has 2 rings (SSSR count). The van der Waals surface area contributed by atoms with Gasteiger partial charge < -0.3 is 5.32 Å². The second-order valence-electron chi connectivity index (χ2n) is 4.85. The van der Waals surface area contributed by atoms with Crippen molar-refractivity contribution in [3.8, 4) is 0 Å². The van der Waals surface area contributed by atoms with Gasteiger partial charge in [-0.25, -0.2) is 0 Å². The number of nitrogens with one attached hydrogen (secondary N) is 1. The molecule has 0 saturated carbocycles. The molecule has 0 bridgehead atoms. The standard InChI is InChI=1S/C16H18Cl2N2/c1-3-6-20-16(12-7-11(2)9-19-10-12)14-8-13(17)4-5-15(14)18/h4-5,7-10,16,20H,3,6H2,1-2H3. The van der Waals surface area contributed by atoms with Crippen LogP contribution in [0.15, 0.2) is 36.7 Å². The van der Waals surface area contributed by atoms with E-state index in [-0.39, 0.29) is 6.04 Å². The van der Waals surface area contributed by atoms with Gasteiger partial charge in [-0.3, -0.25) is 4.98 Å². The summed E-state index contributed by atoms with van der Waals surface area (Å²) in [7, 11) is 0. The molecule has 0 radical (unpaired) electrons. The molecule has 0 aliphatic carbocycles. The zero-order valence-electron chi connectivity index (χ0n) is 11.7. The third kappa shape index (κ3) is 3.72. The molecule has 1 atom stereocenters. The van der Waals surface area contributed by atoms with Gasteiger partial charge in [0.05, 0.1) is 6.04 Å². The lowest BCUT2D eigenvalue weighted by Crippen LogP contribution is -2.23. The van der Waals surface area contributed by atoms with Crippen molar-refractivity contribution in [1.82, 2.24) is 10.3 Å². The van der Waals surface area contributed by atoms with E-state index in [4.69, 9.17) is 23.2 Å². The van der Waals surface area contributed by atoms with Crippen molar-refractivity contribution < 1.29 is 0 Å². The van der Waals surface area contributed by atoms with E-state index in [2.05, 4.69) is 23.3 Å². The van der Waals surface area contributed by atoms with Crippen molar-refractivity contribution in [1.29, 1.82) is 0 Å². The van der Waals surface area contributed by atoms with Crippen molar-refractivity contribution in [2.75, 3.05) is 6.54 Å². The van der Waals surface area contributed by atoms with E-state index in [0.717, 1.165) is 29.7 Å². The zero-order valence-corrected chi connectivity index (χ0v) is 13.2. The molecule has 1 aromatic carbocycles. The van der Waals surface area contributed by atoms with Gasteiger partial charge in [-0.1, -0.05) is 36.2 Å². The van der Waals surface area contributed by atoms with E-state index < -0.39 is 0 Å². The quantitative estimate of drug-likeness (QED) is 0.859. The van der Waals surface area contributed by atoms with Crippen molar-refractivity contribution >= 4 is 23.2 Å². The smallest absolute Gasteiger partial charge is 0.0607 e. The molecule has 0 aliphatic heterocycles. The molecule has 2 aromatic rings. The van der Waals surface area contributed by atoms with Gasteiger partial charge in [0.2, 0.25) is 0 Å². The van der Waals surface area contributed by atoms with Crippen molar-refractivity contribution in [2.45, 2.75) is 26.3 Å². The van der Waals surface area contributed by atoms with Gasteiger partial charge in [0.15, 0.2) is 0 Å². The van der Waals surface area contributed by atoms with Crippen LogP contribution in [0.5, 0.6) is 0 Å². The predicted octanol–water partition coefficient (Wildman–Crippen LogP) is 4.79. The Morgan fingerprint density at radius 3 is 2.70 bits per heavy atom. The van der Waals surface area contributed by atoms with Crippen LogP contribution in [0.25, 0.3) is 0 Å². The third-order valence-electron chi connectivity index (χ3n) is 3.10. The molecule has 1 N–H and O–H groups in total. The molecule has 0 fully saturated rings. The van der Waals surface area contributed by atoms with Crippen LogP contribution in [-0.2, 0) is 0 Å². The van der Waals surface area contributed by atoms with E-state index in [1.54, 1.807) is 6.07 Å². The van der Waals surface area contributed by atoms with Crippen LogP contribution >= 0.6 is 23.2 Å². The Bertz CT molecular complexity index is 584. The summed E-state index contributed by atoms with van der Waals surface area (Å²) in [4.78, 5) is 4.27. The first-order valence-corrected chi connectivity index (χ1v) is 7.47. The Morgan fingerprint density at radius 2 is 2.00 bits per heavy atom. The highest BCUT2D eigenvalue weighted by Crippen LogP contribution is 2.30. The average Bonchev–Trinajstić information content (AvgIpc) is 2.43. The molecule has 1 heterocycles. The summed E-state index contributed by atoms with van der Waals surface area (Å²) in [6, 6.07) is 7.69. The van der Waals surface area contributed by atoms with Gasteiger partial charge in [0.1, 0.15) is 0 Å². The minimum atomic E-state index is 0.00792. The normalized spacial score (nSPS) is 12.4. The molecule has 1 unspecified atom stereocenters. The molecule has 4 heteroatoms. The molecule has 0 aliphatic rings. The Kier molecular flexibility index (Phi) is 5.41. The average molecular weight is 309 g/mol. The second-order valence-corrected chi connectivity index (χ2v) is 5.69. The number of halogens is 2. The summed E-state index contributed by atoms with van der Waals surface area (Å²) in [5, 5.41) is 4.91. The summed E-state index contributed by atoms with van der Waals surface area (Å²) in [6.45, 7) is 5.08. The van der Waals surface area contributed by atoms with Gasteiger partial charge in [-0.2, -0.15) is 0 Å². The number of aromatic nitrogens is 1. The lowest BCUT2D eigenvalue weighted by Gasteiger charge is -2.21. The monoisotopic (exact) mass is 308 g/mol. The van der Waals surface area contributed by atoms with Crippen LogP contribution in [0.1, 0.15) is 36.1 Å². The highest BCUT2D eigenvalue weighted by atomic mass is 35.5. The maximum atomic E-state index is 6.34. The van der Waals surface area contributed by atoms with Crippen LogP contribution in [0.2, 0.25) is 10.0 Å². The fourth-order valence-corrected chi connectivity index (χ4v) is 2.58. The first-order chi connectivity index (χ1) is 9.61. The van der Waals surface area contributed by atoms with Gasteiger partial charge in [-0.15, -0.1) is 0 Å². The maximum absolute atomic E-state index is 6.34. The van der Waals surface area contributed by atoms with Gasteiger partial charge >= 0.3 is 0 Å². The summed E-state index contributed by atoms with van der Waals surface area (Å²) in [6.07, 6.45) is 4.77. The fourth-order valence-electron chi connectivity index (χ4n) is 2.17. The van der Waals surface area contributed by atoms with Gasteiger partial charge in [0.25, 0.3) is 0 Å². The molecule has 0 saturated heterocycles. The molecular formula is C16H18Cl2N2. The Morgan fingerprint density at radius 1 is 1.20 bits per heavy atom. The number of hydrogen-bond acceptors (Lipinski definition) is 2. The van der Waals surface area contributed by atoms with E-state index >= 15 is 0 Å². The molecule has 106 valence electrons. The lowest BCUT2D eigenvalue weighted by atomic mass is 9.99. The highest BCUT2D eigenvalue weighted by molar-refractivity contribution is 6.33. The Labute approximate surface area is 130 Å². The van der Waals surface area contributed by atoms with E-state index in [9.17, 15) is 0 Å². The summed E-state index contributed by atoms with van der Waals surface area (Å²) in [5.74, 6) is 0. The van der Waals surface area contributed by atoms with Crippen molar-refractivity contribution in [2.24, 2.45) is 0 Å². The maximum Gasteiger partial charge on any atom is 0.0607 e.